The van der Waals surface area contributed by atoms with Gasteiger partial charge in [-0.15, -0.1) is 0 Å². The molecular weight excluding hydrogens is 278 g/mol. The Morgan fingerprint density at radius 3 is 3.09 bits per heavy atom. The first-order valence-electron chi connectivity index (χ1n) is 8.16. The van der Waals surface area contributed by atoms with Crippen LogP contribution in [0.15, 0.2) is 30.9 Å². The minimum Gasteiger partial charge on any atom is -0.375 e. The van der Waals surface area contributed by atoms with Crippen molar-refractivity contribution in [1.29, 1.82) is 0 Å². The fourth-order valence-corrected chi connectivity index (χ4v) is 2.98. The third kappa shape index (κ3) is 3.96. The number of hydrogen-bond acceptors (Lipinski definition) is 4. The van der Waals surface area contributed by atoms with Crippen LogP contribution < -0.4 is 0 Å². The summed E-state index contributed by atoms with van der Waals surface area (Å²) in [6.07, 6.45) is 10.2. The van der Waals surface area contributed by atoms with E-state index >= 15 is 0 Å². The molecule has 1 fully saturated rings. The molecule has 0 unspecified atom stereocenters. The maximum Gasteiger partial charge on any atom is 0.122 e. The molecule has 0 radical (unpaired) electrons. The van der Waals surface area contributed by atoms with Crippen molar-refractivity contribution in [1.82, 2.24) is 24.2 Å². The summed E-state index contributed by atoms with van der Waals surface area (Å²) >= 11 is 0. The fraction of sp³-hybridized carbons (Fsp3) is 0.625. The molecule has 3 heterocycles. The van der Waals surface area contributed by atoms with Crippen LogP contribution in [0, 0.1) is 0 Å². The zero-order chi connectivity index (χ0) is 15.2. The van der Waals surface area contributed by atoms with Gasteiger partial charge in [0.05, 0.1) is 19.2 Å². The van der Waals surface area contributed by atoms with Gasteiger partial charge in [0.25, 0.3) is 0 Å². The molecule has 22 heavy (non-hydrogen) atoms. The summed E-state index contributed by atoms with van der Waals surface area (Å²) < 4.78 is 10.2. The van der Waals surface area contributed by atoms with Gasteiger partial charge in [-0.1, -0.05) is 6.92 Å². The summed E-state index contributed by atoms with van der Waals surface area (Å²) in [6.45, 7) is 7.76. The molecule has 0 spiro atoms. The van der Waals surface area contributed by atoms with Gasteiger partial charge in [0.2, 0.25) is 0 Å². The van der Waals surface area contributed by atoms with Crippen molar-refractivity contribution in [3.8, 4) is 0 Å². The molecule has 6 nitrogen and oxygen atoms in total. The van der Waals surface area contributed by atoms with E-state index in [0.29, 0.717) is 0 Å². The van der Waals surface area contributed by atoms with Gasteiger partial charge < -0.3 is 9.30 Å². The quantitative estimate of drug-likeness (QED) is 0.816. The lowest BCUT2D eigenvalue weighted by Crippen LogP contribution is -2.34. The summed E-state index contributed by atoms with van der Waals surface area (Å²) in [7, 11) is 0. The van der Waals surface area contributed by atoms with E-state index in [9.17, 15) is 0 Å². The largest absolute Gasteiger partial charge is 0.375 e. The second-order valence-corrected chi connectivity index (χ2v) is 5.85. The molecule has 2 aromatic heterocycles. The van der Waals surface area contributed by atoms with Gasteiger partial charge in [-0.05, 0) is 18.9 Å². The van der Waals surface area contributed by atoms with E-state index in [4.69, 9.17) is 4.74 Å². The van der Waals surface area contributed by atoms with E-state index in [2.05, 4.69) is 32.7 Å². The summed E-state index contributed by atoms with van der Waals surface area (Å²) in [5.74, 6) is 1.15. The van der Waals surface area contributed by atoms with Gasteiger partial charge in [-0.3, -0.25) is 9.58 Å². The number of rotatable bonds is 6. The molecule has 0 N–H and O–H groups in total. The maximum absolute atomic E-state index is 5.97. The van der Waals surface area contributed by atoms with Crippen molar-refractivity contribution in [3.05, 3.63) is 36.7 Å². The second-order valence-electron chi connectivity index (χ2n) is 5.85. The Kier molecular flexibility index (Phi) is 5.24. The van der Waals surface area contributed by atoms with Crippen LogP contribution in [0.4, 0.5) is 0 Å². The highest BCUT2D eigenvalue weighted by Gasteiger charge is 2.20. The van der Waals surface area contributed by atoms with E-state index < -0.39 is 0 Å². The smallest absolute Gasteiger partial charge is 0.122 e. The predicted octanol–water partition coefficient (Wildman–Crippen LogP) is 1.78. The van der Waals surface area contributed by atoms with Crippen LogP contribution >= 0.6 is 0 Å². The van der Waals surface area contributed by atoms with Crippen LogP contribution in [0.5, 0.6) is 0 Å². The highest BCUT2D eigenvalue weighted by molar-refractivity contribution is 4.93. The third-order valence-corrected chi connectivity index (χ3v) is 4.02. The average Bonchev–Trinajstić information content (AvgIpc) is 3.11. The van der Waals surface area contributed by atoms with E-state index in [1.54, 1.807) is 0 Å². The summed E-state index contributed by atoms with van der Waals surface area (Å²) in [5.41, 5.74) is 0. The summed E-state index contributed by atoms with van der Waals surface area (Å²) in [6, 6.07) is 1.95. The Balaban J connectivity index is 1.61. The Morgan fingerprint density at radius 2 is 2.27 bits per heavy atom. The molecule has 1 saturated heterocycles. The maximum atomic E-state index is 5.97. The molecule has 120 valence electrons. The minimum atomic E-state index is 0.192. The lowest BCUT2D eigenvalue weighted by molar-refractivity contribution is 0.0387. The van der Waals surface area contributed by atoms with Gasteiger partial charge in [0.1, 0.15) is 5.82 Å². The van der Waals surface area contributed by atoms with Crippen LogP contribution in [0.1, 0.15) is 25.6 Å². The Labute approximate surface area is 131 Å². The number of aromatic nitrogens is 4. The number of nitrogens with zero attached hydrogens (tertiary/aromatic N) is 5. The minimum absolute atomic E-state index is 0.192. The fourth-order valence-electron chi connectivity index (χ4n) is 2.98. The zero-order valence-corrected chi connectivity index (χ0v) is 13.3. The van der Waals surface area contributed by atoms with Crippen molar-refractivity contribution in [3.63, 3.8) is 0 Å². The van der Waals surface area contributed by atoms with Crippen LogP contribution in [-0.4, -0.2) is 50.0 Å². The number of ether oxygens (including phenoxy) is 1. The average molecular weight is 303 g/mol. The van der Waals surface area contributed by atoms with Gasteiger partial charge in [0.15, 0.2) is 0 Å². The standard InChI is InChI=1S/C16H25N5O/c1-2-7-20-10-6-17-16(20)14-19-8-4-11-22-15(12-19)13-21-9-3-5-18-21/h3,5-6,9-10,15H,2,4,7-8,11-14H2,1H3/t15-/m0/s1. The number of aryl methyl sites for hydroxylation is 1. The molecule has 1 aliphatic rings. The normalized spacial score (nSPS) is 20.1. The van der Waals surface area contributed by atoms with Gasteiger partial charge in [-0.25, -0.2) is 4.98 Å². The van der Waals surface area contributed by atoms with Gasteiger partial charge >= 0.3 is 0 Å². The Morgan fingerprint density at radius 1 is 1.32 bits per heavy atom. The lowest BCUT2D eigenvalue weighted by atomic mass is 10.3. The van der Waals surface area contributed by atoms with Gasteiger partial charge in [-0.2, -0.15) is 5.10 Å². The van der Waals surface area contributed by atoms with Crippen molar-refractivity contribution in [2.75, 3.05) is 19.7 Å². The second kappa shape index (κ2) is 7.56. The highest BCUT2D eigenvalue weighted by atomic mass is 16.5. The zero-order valence-electron chi connectivity index (χ0n) is 13.3. The molecule has 0 aromatic carbocycles. The molecule has 1 aliphatic heterocycles. The first-order valence-corrected chi connectivity index (χ1v) is 8.16. The van der Waals surface area contributed by atoms with Crippen LogP contribution in [0.3, 0.4) is 0 Å². The number of imidazole rings is 1. The van der Waals surface area contributed by atoms with E-state index in [0.717, 1.165) is 58.0 Å². The first-order chi connectivity index (χ1) is 10.8. The first kappa shape index (κ1) is 15.2. The molecular formula is C16H25N5O. The number of hydrogen-bond donors (Lipinski definition) is 0. The predicted molar refractivity (Wildman–Crippen MR) is 84.4 cm³/mol. The molecule has 6 heteroatoms. The van der Waals surface area contributed by atoms with Gasteiger partial charge in [0, 0.05) is 51.0 Å². The lowest BCUT2D eigenvalue weighted by Gasteiger charge is -2.23. The molecule has 0 bridgehead atoms. The van der Waals surface area contributed by atoms with Crippen LogP contribution in [0.25, 0.3) is 0 Å². The van der Waals surface area contributed by atoms with Crippen molar-refractivity contribution in [2.45, 2.75) is 45.5 Å². The summed E-state index contributed by atoms with van der Waals surface area (Å²) in [4.78, 5) is 6.98. The summed E-state index contributed by atoms with van der Waals surface area (Å²) in [5, 5.41) is 4.28. The highest BCUT2D eigenvalue weighted by Crippen LogP contribution is 2.12. The molecule has 1 atom stereocenters. The van der Waals surface area contributed by atoms with Crippen molar-refractivity contribution < 1.29 is 4.74 Å². The molecule has 0 aliphatic carbocycles. The van der Waals surface area contributed by atoms with Crippen LogP contribution in [-0.2, 0) is 24.4 Å². The van der Waals surface area contributed by atoms with Crippen molar-refractivity contribution in [2.24, 2.45) is 0 Å². The third-order valence-electron chi connectivity index (χ3n) is 4.02. The van der Waals surface area contributed by atoms with E-state index in [1.165, 1.54) is 0 Å². The van der Waals surface area contributed by atoms with E-state index in [-0.39, 0.29) is 6.10 Å². The van der Waals surface area contributed by atoms with E-state index in [1.807, 2.05) is 29.3 Å². The SMILES string of the molecule is CCCn1ccnc1CN1CCCO[C@H](Cn2cccn2)C1. The van der Waals surface area contributed by atoms with Crippen LogP contribution in [0.2, 0.25) is 0 Å². The Bertz CT molecular complexity index is 551. The molecule has 0 amide bonds. The molecule has 2 aromatic rings. The monoisotopic (exact) mass is 303 g/mol. The molecule has 3 rings (SSSR count). The van der Waals surface area contributed by atoms with Crippen molar-refractivity contribution >= 4 is 0 Å². The topological polar surface area (TPSA) is 48.1 Å². The Hall–Kier alpha value is -1.66. The molecule has 0 saturated carbocycles.